The molecule has 0 aromatic heterocycles. The number of anilines is 1. The summed E-state index contributed by atoms with van der Waals surface area (Å²) in [7, 11) is 1.92. The fraction of sp³-hybridized carbons (Fsp3) is 0.417. The van der Waals surface area contributed by atoms with E-state index in [2.05, 4.69) is 5.16 Å². The maximum Gasteiger partial charge on any atom is 0.173 e. The first-order chi connectivity index (χ1) is 8.65. The fourth-order valence-corrected chi connectivity index (χ4v) is 2.37. The number of benzene rings is 1. The third-order valence-electron chi connectivity index (χ3n) is 2.65. The molecule has 0 fully saturated rings. The van der Waals surface area contributed by atoms with E-state index in [0.717, 1.165) is 16.1 Å². The van der Waals surface area contributed by atoms with Crippen LogP contribution in [0.2, 0.25) is 0 Å². The number of oxime groups is 1. The van der Waals surface area contributed by atoms with Gasteiger partial charge in [-0.05, 0) is 24.8 Å². The van der Waals surface area contributed by atoms with Crippen LogP contribution in [0.5, 0.6) is 0 Å². The van der Waals surface area contributed by atoms with Crippen molar-refractivity contribution in [3.8, 4) is 0 Å². The normalized spacial score (nSPS) is 11.6. The molecular weight excluding hydrogens is 250 g/mol. The second-order valence-corrected chi connectivity index (χ2v) is 4.69. The Kier molecular flexibility index (Phi) is 5.80. The standard InChI is InChI=1S/C12H19N3O2S/c1-15(7-4-8-16)9-5-3-6-10(18-2)11(9)12(13)14-17/h3,5-6,16-17H,4,7-8H2,1-2H3,(H2,13,14). The van der Waals surface area contributed by atoms with Gasteiger partial charge in [-0.3, -0.25) is 0 Å². The van der Waals surface area contributed by atoms with Gasteiger partial charge in [0.1, 0.15) is 0 Å². The first-order valence-electron chi connectivity index (χ1n) is 5.62. The molecule has 0 amide bonds. The van der Waals surface area contributed by atoms with Gasteiger partial charge in [-0.2, -0.15) is 0 Å². The summed E-state index contributed by atoms with van der Waals surface area (Å²) in [6.45, 7) is 0.853. The Bertz CT molecular complexity index is 424. The molecule has 1 aromatic rings. The Hall–Kier alpha value is -1.40. The first kappa shape index (κ1) is 14.7. The molecule has 18 heavy (non-hydrogen) atoms. The SMILES string of the molecule is CSc1cccc(N(C)CCCO)c1/C(N)=N/O. The number of hydrogen-bond donors (Lipinski definition) is 3. The predicted octanol–water partition coefficient (Wildman–Crippen LogP) is 1.32. The average molecular weight is 269 g/mol. The third kappa shape index (κ3) is 3.30. The largest absolute Gasteiger partial charge is 0.409 e. The Morgan fingerprint density at radius 1 is 1.50 bits per heavy atom. The monoisotopic (exact) mass is 269 g/mol. The van der Waals surface area contributed by atoms with E-state index < -0.39 is 0 Å². The molecular formula is C12H19N3O2S. The lowest BCUT2D eigenvalue weighted by Gasteiger charge is -2.23. The van der Waals surface area contributed by atoms with Crippen molar-refractivity contribution in [2.45, 2.75) is 11.3 Å². The molecule has 0 aliphatic heterocycles. The Labute approximate surface area is 111 Å². The van der Waals surface area contributed by atoms with Gasteiger partial charge in [0.2, 0.25) is 0 Å². The zero-order valence-electron chi connectivity index (χ0n) is 10.6. The molecule has 0 aliphatic rings. The summed E-state index contributed by atoms with van der Waals surface area (Å²) >= 11 is 1.55. The van der Waals surface area contributed by atoms with Crippen molar-refractivity contribution in [3.63, 3.8) is 0 Å². The lowest BCUT2D eigenvalue weighted by atomic mass is 10.1. The van der Waals surface area contributed by atoms with E-state index in [-0.39, 0.29) is 12.4 Å². The van der Waals surface area contributed by atoms with E-state index >= 15 is 0 Å². The molecule has 6 heteroatoms. The van der Waals surface area contributed by atoms with E-state index in [1.54, 1.807) is 11.8 Å². The summed E-state index contributed by atoms with van der Waals surface area (Å²) in [5.74, 6) is 0.103. The zero-order chi connectivity index (χ0) is 13.5. The summed E-state index contributed by atoms with van der Waals surface area (Å²) in [4.78, 5) is 2.95. The topological polar surface area (TPSA) is 82.1 Å². The van der Waals surface area contributed by atoms with Gasteiger partial charge in [0.25, 0.3) is 0 Å². The van der Waals surface area contributed by atoms with Gasteiger partial charge in [0.15, 0.2) is 5.84 Å². The maximum absolute atomic E-state index is 8.89. The van der Waals surface area contributed by atoms with E-state index in [1.165, 1.54) is 0 Å². The quantitative estimate of drug-likeness (QED) is 0.238. The predicted molar refractivity (Wildman–Crippen MR) is 75.7 cm³/mol. The lowest BCUT2D eigenvalue weighted by Crippen LogP contribution is -2.25. The maximum atomic E-state index is 8.89. The minimum absolute atomic E-state index is 0.103. The minimum Gasteiger partial charge on any atom is -0.409 e. The smallest absolute Gasteiger partial charge is 0.173 e. The Morgan fingerprint density at radius 2 is 2.22 bits per heavy atom. The summed E-state index contributed by atoms with van der Waals surface area (Å²) in [5, 5.41) is 20.8. The summed E-state index contributed by atoms with van der Waals surface area (Å²) in [6, 6.07) is 5.79. The molecule has 100 valence electrons. The molecule has 0 spiro atoms. The summed E-state index contributed by atoms with van der Waals surface area (Å²) in [6.07, 6.45) is 2.62. The van der Waals surface area contributed by atoms with Gasteiger partial charge in [-0.1, -0.05) is 11.2 Å². The van der Waals surface area contributed by atoms with Crippen molar-refractivity contribution < 1.29 is 10.3 Å². The lowest BCUT2D eigenvalue weighted by molar-refractivity contribution is 0.290. The molecule has 0 unspecified atom stereocenters. The Balaban J connectivity index is 3.17. The van der Waals surface area contributed by atoms with E-state index in [1.807, 2.05) is 36.4 Å². The molecule has 4 N–H and O–H groups in total. The van der Waals surface area contributed by atoms with Crippen LogP contribution in [-0.2, 0) is 0 Å². The number of rotatable bonds is 6. The summed E-state index contributed by atoms with van der Waals surface area (Å²) in [5.41, 5.74) is 7.37. The van der Waals surface area contributed by atoms with Crippen LogP contribution in [0.25, 0.3) is 0 Å². The number of thioether (sulfide) groups is 1. The highest BCUT2D eigenvalue weighted by Gasteiger charge is 2.15. The van der Waals surface area contributed by atoms with Gasteiger partial charge < -0.3 is 20.9 Å². The molecule has 0 bridgehead atoms. The molecule has 5 nitrogen and oxygen atoms in total. The van der Waals surface area contributed by atoms with Crippen molar-refractivity contribution in [2.24, 2.45) is 10.9 Å². The molecule has 0 saturated heterocycles. The van der Waals surface area contributed by atoms with Crippen LogP contribution in [0.1, 0.15) is 12.0 Å². The van der Waals surface area contributed by atoms with Gasteiger partial charge in [-0.15, -0.1) is 11.8 Å². The average Bonchev–Trinajstić information content (AvgIpc) is 2.42. The number of nitrogens with two attached hydrogens (primary N) is 1. The van der Waals surface area contributed by atoms with E-state index in [4.69, 9.17) is 16.0 Å². The molecule has 1 rings (SSSR count). The van der Waals surface area contributed by atoms with Crippen LogP contribution in [-0.4, -0.2) is 42.6 Å². The van der Waals surface area contributed by atoms with Crippen LogP contribution in [0.3, 0.4) is 0 Å². The highest BCUT2D eigenvalue weighted by atomic mass is 32.2. The highest BCUT2D eigenvalue weighted by molar-refractivity contribution is 7.98. The van der Waals surface area contributed by atoms with E-state index in [9.17, 15) is 0 Å². The molecule has 0 heterocycles. The van der Waals surface area contributed by atoms with Gasteiger partial charge in [0.05, 0.1) is 5.56 Å². The first-order valence-corrected chi connectivity index (χ1v) is 6.85. The van der Waals surface area contributed by atoms with Crippen LogP contribution in [0.15, 0.2) is 28.3 Å². The van der Waals surface area contributed by atoms with Crippen molar-refractivity contribution in [3.05, 3.63) is 23.8 Å². The minimum atomic E-state index is 0.103. The highest BCUT2D eigenvalue weighted by Crippen LogP contribution is 2.29. The number of hydrogen-bond acceptors (Lipinski definition) is 5. The van der Waals surface area contributed by atoms with Crippen LogP contribution < -0.4 is 10.6 Å². The number of aliphatic hydroxyl groups is 1. The second-order valence-electron chi connectivity index (χ2n) is 3.84. The van der Waals surface area contributed by atoms with Crippen molar-refractivity contribution in [1.29, 1.82) is 0 Å². The molecule has 0 radical (unpaired) electrons. The van der Waals surface area contributed by atoms with Crippen molar-refractivity contribution in [1.82, 2.24) is 0 Å². The van der Waals surface area contributed by atoms with E-state index in [0.29, 0.717) is 13.0 Å². The fourth-order valence-electron chi connectivity index (χ4n) is 1.74. The van der Waals surface area contributed by atoms with Gasteiger partial charge in [-0.25, -0.2) is 0 Å². The van der Waals surface area contributed by atoms with Gasteiger partial charge >= 0.3 is 0 Å². The van der Waals surface area contributed by atoms with Crippen molar-refractivity contribution in [2.75, 3.05) is 31.4 Å². The Morgan fingerprint density at radius 3 is 2.78 bits per heavy atom. The van der Waals surface area contributed by atoms with Gasteiger partial charge in [0, 0.05) is 30.8 Å². The number of amidine groups is 1. The zero-order valence-corrected chi connectivity index (χ0v) is 11.4. The molecule has 0 atom stereocenters. The number of nitrogens with zero attached hydrogens (tertiary/aromatic N) is 2. The number of aliphatic hydroxyl groups excluding tert-OH is 1. The van der Waals surface area contributed by atoms with Crippen LogP contribution in [0.4, 0.5) is 5.69 Å². The second kappa shape index (κ2) is 7.13. The summed E-state index contributed by atoms with van der Waals surface area (Å²) < 4.78 is 0. The van der Waals surface area contributed by atoms with Crippen LogP contribution >= 0.6 is 11.8 Å². The molecule has 0 aliphatic carbocycles. The van der Waals surface area contributed by atoms with Crippen LogP contribution in [0, 0.1) is 0 Å². The molecule has 0 saturated carbocycles. The van der Waals surface area contributed by atoms with Crippen molar-refractivity contribution >= 4 is 23.3 Å². The third-order valence-corrected chi connectivity index (χ3v) is 3.43. The molecule has 1 aromatic carbocycles.